The van der Waals surface area contributed by atoms with E-state index in [1.807, 2.05) is 0 Å². The fraction of sp³-hybridized carbons (Fsp3) is 1.00. The van der Waals surface area contributed by atoms with Crippen molar-refractivity contribution in [1.29, 1.82) is 0 Å². The number of halogens is 2. The molecule has 1 aliphatic carbocycles. The molecule has 0 saturated heterocycles. The van der Waals surface area contributed by atoms with Crippen molar-refractivity contribution in [1.82, 2.24) is 0 Å². The SMILES string of the molecule is NC1CC(C(O)F)(C(O)F)C1. The zero-order valence-electron chi connectivity index (χ0n) is 5.87. The van der Waals surface area contributed by atoms with Crippen LogP contribution in [0, 0.1) is 5.41 Å². The largest absolute Gasteiger partial charge is 0.363 e. The summed E-state index contributed by atoms with van der Waals surface area (Å²) < 4.78 is 24.7. The van der Waals surface area contributed by atoms with Gasteiger partial charge in [-0.25, -0.2) is 8.78 Å². The van der Waals surface area contributed by atoms with Crippen molar-refractivity contribution in [3.8, 4) is 0 Å². The molecule has 0 amide bonds. The van der Waals surface area contributed by atoms with E-state index in [-0.39, 0.29) is 18.9 Å². The van der Waals surface area contributed by atoms with E-state index in [0.29, 0.717) is 0 Å². The summed E-state index contributed by atoms with van der Waals surface area (Å²) >= 11 is 0. The van der Waals surface area contributed by atoms with Gasteiger partial charge < -0.3 is 15.9 Å². The van der Waals surface area contributed by atoms with Crippen molar-refractivity contribution in [3.05, 3.63) is 0 Å². The van der Waals surface area contributed by atoms with Gasteiger partial charge in [0, 0.05) is 6.04 Å². The predicted octanol–water partition coefficient (Wildman–Crippen LogP) is -0.330. The van der Waals surface area contributed by atoms with Crippen LogP contribution in [-0.2, 0) is 0 Å². The van der Waals surface area contributed by atoms with E-state index in [1.165, 1.54) is 0 Å². The van der Waals surface area contributed by atoms with E-state index in [4.69, 9.17) is 15.9 Å². The molecule has 66 valence electrons. The van der Waals surface area contributed by atoms with E-state index in [2.05, 4.69) is 0 Å². The molecule has 0 aromatic rings. The predicted molar refractivity (Wildman–Crippen MR) is 33.9 cm³/mol. The minimum Gasteiger partial charge on any atom is -0.363 e. The molecule has 5 heteroatoms. The average molecular weight is 167 g/mol. The fourth-order valence-electron chi connectivity index (χ4n) is 1.42. The third-order valence-electron chi connectivity index (χ3n) is 2.23. The lowest BCUT2D eigenvalue weighted by Crippen LogP contribution is -2.56. The molecule has 0 aromatic heterocycles. The van der Waals surface area contributed by atoms with Crippen LogP contribution in [-0.4, -0.2) is 29.0 Å². The topological polar surface area (TPSA) is 66.5 Å². The lowest BCUT2D eigenvalue weighted by atomic mass is 9.65. The Morgan fingerprint density at radius 2 is 1.64 bits per heavy atom. The number of aliphatic hydroxyl groups is 2. The first-order valence-corrected chi connectivity index (χ1v) is 3.39. The van der Waals surface area contributed by atoms with Crippen LogP contribution in [0.3, 0.4) is 0 Å². The second kappa shape index (κ2) is 2.66. The number of aliphatic hydroxyl groups excluding tert-OH is 2. The summed E-state index contributed by atoms with van der Waals surface area (Å²) in [5.74, 6) is 0. The minimum atomic E-state index is -2.33. The third kappa shape index (κ3) is 1.23. The molecule has 0 aliphatic heterocycles. The lowest BCUT2D eigenvalue weighted by molar-refractivity contribution is -0.217. The molecule has 2 unspecified atom stereocenters. The van der Waals surface area contributed by atoms with Crippen molar-refractivity contribution in [2.45, 2.75) is 31.6 Å². The van der Waals surface area contributed by atoms with Gasteiger partial charge >= 0.3 is 0 Å². The lowest BCUT2D eigenvalue weighted by Gasteiger charge is -2.46. The summed E-state index contributed by atoms with van der Waals surface area (Å²) in [5, 5.41) is 17.0. The molecular formula is C6H11F2NO2. The average Bonchev–Trinajstić information content (AvgIpc) is 1.78. The first-order valence-electron chi connectivity index (χ1n) is 3.39. The third-order valence-corrected chi connectivity index (χ3v) is 2.23. The summed E-state index contributed by atoms with van der Waals surface area (Å²) in [6.07, 6.45) is -4.69. The highest BCUT2D eigenvalue weighted by molar-refractivity contribution is 4.99. The molecule has 0 radical (unpaired) electrons. The molecule has 0 spiro atoms. The molecule has 0 aromatic carbocycles. The van der Waals surface area contributed by atoms with Gasteiger partial charge in [-0.3, -0.25) is 0 Å². The number of hydrogen-bond donors (Lipinski definition) is 3. The Labute approximate surface area is 62.8 Å². The Kier molecular flexibility index (Phi) is 2.13. The van der Waals surface area contributed by atoms with Crippen LogP contribution in [0.5, 0.6) is 0 Å². The normalized spacial score (nSPS) is 42.8. The van der Waals surface area contributed by atoms with Crippen LogP contribution in [0.15, 0.2) is 0 Å². The Balaban J connectivity index is 2.61. The highest BCUT2D eigenvalue weighted by atomic mass is 19.2. The second-order valence-corrected chi connectivity index (χ2v) is 3.07. The molecule has 4 N–H and O–H groups in total. The maximum atomic E-state index is 12.3. The van der Waals surface area contributed by atoms with Crippen molar-refractivity contribution in [2.75, 3.05) is 0 Å². The Hall–Kier alpha value is -0.260. The van der Waals surface area contributed by atoms with Gasteiger partial charge in [-0.1, -0.05) is 0 Å². The standard InChI is InChI=1S/C6H11F2NO2/c7-4(10)6(5(8)11)1-3(9)2-6/h3-5,10-11H,1-2,9H2. The van der Waals surface area contributed by atoms with E-state index in [0.717, 1.165) is 0 Å². The van der Waals surface area contributed by atoms with Crippen molar-refractivity contribution in [3.63, 3.8) is 0 Å². The van der Waals surface area contributed by atoms with Gasteiger partial charge in [0.2, 0.25) is 12.7 Å². The molecule has 1 saturated carbocycles. The smallest absolute Gasteiger partial charge is 0.207 e. The molecule has 0 heterocycles. The van der Waals surface area contributed by atoms with Gasteiger partial charge in [-0.15, -0.1) is 0 Å². The maximum absolute atomic E-state index is 12.3. The summed E-state index contributed by atoms with van der Waals surface area (Å²) in [5.41, 5.74) is 3.62. The van der Waals surface area contributed by atoms with Crippen LogP contribution in [0.25, 0.3) is 0 Å². The highest BCUT2D eigenvalue weighted by Gasteiger charge is 2.54. The van der Waals surface area contributed by atoms with Gasteiger partial charge in [-0.2, -0.15) is 0 Å². The van der Waals surface area contributed by atoms with Gasteiger partial charge in [0.05, 0.1) is 5.41 Å². The Morgan fingerprint density at radius 3 is 1.73 bits per heavy atom. The van der Waals surface area contributed by atoms with Crippen molar-refractivity contribution < 1.29 is 19.0 Å². The van der Waals surface area contributed by atoms with Crippen LogP contribution >= 0.6 is 0 Å². The Morgan fingerprint density at radius 1 is 1.27 bits per heavy atom. The van der Waals surface area contributed by atoms with Gasteiger partial charge in [0.1, 0.15) is 0 Å². The first-order chi connectivity index (χ1) is 4.99. The van der Waals surface area contributed by atoms with Crippen molar-refractivity contribution >= 4 is 0 Å². The molecule has 11 heavy (non-hydrogen) atoms. The van der Waals surface area contributed by atoms with Crippen molar-refractivity contribution in [2.24, 2.45) is 11.1 Å². The van der Waals surface area contributed by atoms with Gasteiger partial charge in [0.15, 0.2) is 0 Å². The summed E-state index contributed by atoms with van der Waals surface area (Å²) in [7, 11) is 0. The molecular weight excluding hydrogens is 156 g/mol. The zero-order valence-corrected chi connectivity index (χ0v) is 5.87. The van der Waals surface area contributed by atoms with Gasteiger partial charge in [-0.05, 0) is 12.8 Å². The molecule has 1 fully saturated rings. The fourth-order valence-corrected chi connectivity index (χ4v) is 1.42. The maximum Gasteiger partial charge on any atom is 0.207 e. The van der Waals surface area contributed by atoms with E-state index in [9.17, 15) is 8.78 Å². The number of nitrogens with two attached hydrogens (primary N) is 1. The van der Waals surface area contributed by atoms with Crippen LogP contribution < -0.4 is 5.73 Å². The van der Waals surface area contributed by atoms with Crippen LogP contribution in [0.4, 0.5) is 8.78 Å². The number of alkyl halides is 2. The van der Waals surface area contributed by atoms with E-state index < -0.39 is 18.1 Å². The molecule has 2 atom stereocenters. The molecule has 3 nitrogen and oxygen atoms in total. The molecule has 1 rings (SSSR count). The first kappa shape index (κ1) is 8.83. The van der Waals surface area contributed by atoms with Crippen LogP contribution in [0.2, 0.25) is 0 Å². The zero-order chi connectivity index (χ0) is 8.65. The molecule has 1 aliphatic rings. The minimum absolute atomic E-state index is 0.0116. The summed E-state index contributed by atoms with van der Waals surface area (Å²) in [6.45, 7) is 0. The van der Waals surface area contributed by atoms with Gasteiger partial charge in [0.25, 0.3) is 0 Å². The summed E-state index contributed by atoms with van der Waals surface area (Å²) in [4.78, 5) is 0. The second-order valence-electron chi connectivity index (χ2n) is 3.07. The quantitative estimate of drug-likeness (QED) is 0.527. The van der Waals surface area contributed by atoms with E-state index >= 15 is 0 Å². The molecule has 0 bridgehead atoms. The summed E-state index contributed by atoms with van der Waals surface area (Å²) in [6, 6.07) is -0.314. The number of rotatable bonds is 2. The van der Waals surface area contributed by atoms with Crippen LogP contribution in [0.1, 0.15) is 12.8 Å². The number of hydrogen-bond acceptors (Lipinski definition) is 3. The Bertz CT molecular complexity index is 136. The van der Waals surface area contributed by atoms with E-state index in [1.54, 1.807) is 0 Å². The monoisotopic (exact) mass is 167 g/mol. The highest BCUT2D eigenvalue weighted by Crippen LogP contribution is 2.47.